The van der Waals surface area contributed by atoms with Gasteiger partial charge in [-0.05, 0) is 87.8 Å². The van der Waals surface area contributed by atoms with Crippen LogP contribution in [-0.2, 0) is 5.41 Å². The average molecular weight is 663 g/mol. The number of nitrogens with zero attached hydrogens (tertiary/aromatic N) is 2. The third-order valence-electron chi connectivity index (χ3n) is 10.1. The molecular weight excluding hydrogens is 617 g/mol. The zero-order valence-corrected chi connectivity index (χ0v) is 26.8. The molecule has 10 aromatic rings. The molecular formula is C49H32N2. The molecule has 238 valence electrons. The van der Waals surface area contributed by atoms with Gasteiger partial charge in [0.2, 0.25) is 0 Å². The second kappa shape index (κ2) is 10.7. The van der Waals surface area contributed by atoms with E-state index in [1.807, 2.05) is 78.9 Å². The topological polar surface area (TPSA) is 9.86 Å². The van der Waals surface area contributed by atoms with Crippen molar-refractivity contribution in [1.82, 2.24) is 9.13 Å². The molecule has 0 saturated carbocycles. The molecule has 0 unspecified atom stereocenters. The highest BCUT2D eigenvalue weighted by molar-refractivity contribution is 6.12. The van der Waals surface area contributed by atoms with Gasteiger partial charge in [0, 0.05) is 32.9 Å². The van der Waals surface area contributed by atoms with E-state index in [1.54, 1.807) is 30.3 Å². The predicted octanol–water partition coefficient (Wildman–Crippen LogP) is 12.2. The van der Waals surface area contributed by atoms with Crippen molar-refractivity contribution in [3.8, 4) is 22.5 Å². The number of aromatic nitrogens is 2. The summed E-state index contributed by atoms with van der Waals surface area (Å²) >= 11 is 0. The van der Waals surface area contributed by atoms with Crippen LogP contribution in [-0.4, -0.2) is 9.13 Å². The molecule has 51 heavy (non-hydrogen) atoms. The highest BCUT2D eigenvalue weighted by atomic mass is 15.0. The Morgan fingerprint density at radius 1 is 0.373 bits per heavy atom. The number of hydrogen-bond acceptors (Lipinski definition) is 0. The summed E-state index contributed by atoms with van der Waals surface area (Å²) < 4.78 is 134. The number of hydrogen-bond donors (Lipinski definition) is 0. The molecule has 0 N–H and O–H groups in total. The van der Waals surface area contributed by atoms with Crippen LogP contribution in [0.4, 0.5) is 0 Å². The molecule has 0 saturated heterocycles. The average Bonchev–Trinajstić information content (AvgIpc) is 3.97. The smallest absolute Gasteiger partial charge is 0.0713 e. The minimum absolute atomic E-state index is 0.0454. The minimum Gasteiger partial charge on any atom is -0.309 e. The van der Waals surface area contributed by atoms with Crippen LogP contribution < -0.4 is 0 Å². The van der Waals surface area contributed by atoms with Crippen LogP contribution >= 0.6 is 0 Å². The number of para-hydroxylation sites is 3. The molecule has 1 aliphatic carbocycles. The van der Waals surface area contributed by atoms with Crippen molar-refractivity contribution in [1.29, 1.82) is 0 Å². The van der Waals surface area contributed by atoms with E-state index in [0.717, 1.165) is 26.8 Å². The maximum absolute atomic E-state index is 10.3. The van der Waals surface area contributed by atoms with Gasteiger partial charge < -0.3 is 9.13 Å². The third kappa shape index (κ3) is 3.82. The molecule has 8 aromatic carbocycles. The number of rotatable bonds is 4. The first-order valence-corrected chi connectivity index (χ1v) is 16.6. The molecule has 2 heterocycles. The lowest BCUT2D eigenvalue weighted by atomic mass is 9.67. The predicted molar refractivity (Wildman–Crippen MR) is 212 cm³/mol. The third-order valence-corrected chi connectivity index (χ3v) is 10.1. The Hall–Kier alpha value is -6.64. The van der Waals surface area contributed by atoms with Crippen LogP contribution in [0.1, 0.15) is 41.4 Å². The fraction of sp³-hybridized carbons (Fsp3) is 0.0204. The summed E-state index contributed by atoms with van der Waals surface area (Å²) in [5.74, 6) is 0. The van der Waals surface area contributed by atoms with Crippen molar-refractivity contribution < 1.29 is 19.2 Å². The highest BCUT2D eigenvalue weighted by Crippen LogP contribution is 2.56. The molecule has 0 bridgehead atoms. The van der Waals surface area contributed by atoms with E-state index in [2.05, 4.69) is 0 Å². The van der Waals surface area contributed by atoms with Crippen molar-refractivity contribution in [3.05, 3.63) is 216 Å². The van der Waals surface area contributed by atoms with Crippen LogP contribution in [0.15, 0.2) is 194 Å². The second-order valence-electron chi connectivity index (χ2n) is 12.6. The molecule has 2 nitrogen and oxygen atoms in total. The van der Waals surface area contributed by atoms with Gasteiger partial charge in [0.1, 0.15) is 0 Å². The van der Waals surface area contributed by atoms with E-state index in [4.69, 9.17) is 8.22 Å². The normalized spacial score (nSPS) is 17.1. The quantitative estimate of drug-likeness (QED) is 0.177. The van der Waals surface area contributed by atoms with Gasteiger partial charge in [0.25, 0.3) is 0 Å². The first kappa shape index (κ1) is 17.8. The Morgan fingerprint density at radius 3 is 1.51 bits per heavy atom. The van der Waals surface area contributed by atoms with Crippen molar-refractivity contribution in [2.75, 3.05) is 0 Å². The van der Waals surface area contributed by atoms with Crippen molar-refractivity contribution in [3.63, 3.8) is 0 Å². The standard InChI is InChI=1S/C49H32N2/c1-3-15-33(16-4-1)49(43-23-11-7-19-37(43)38-20-8-12-24-44(38)49)34-27-29-47-41(31-34)39-21-9-14-26-46(39)51(47)36-28-30-48-42(32-36)40-22-10-13-25-45(40)50(48)35-17-5-2-6-18-35/h1-32H/i9D,10D,13D,14D,21D,22D,25D,26D,27D,28D,29D,30D,31D,32D. The number of benzene rings is 8. The molecule has 2 heteroatoms. The maximum atomic E-state index is 10.3. The van der Waals surface area contributed by atoms with Gasteiger partial charge in [-0.25, -0.2) is 0 Å². The van der Waals surface area contributed by atoms with Gasteiger partial charge in [0.15, 0.2) is 0 Å². The molecule has 1 aliphatic rings. The Bertz CT molecular complexity index is 3720. The van der Waals surface area contributed by atoms with Crippen LogP contribution in [0.3, 0.4) is 0 Å². The molecule has 0 amide bonds. The summed E-state index contributed by atoms with van der Waals surface area (Å²) in [6, 6.07) is 25.7. The lowest BCUT2D eigenvalue weighted by molar-refractivity contribution is 0.770. The molecule has 0 aliphatic heterocycles. The Morgan fingerprint density at radius 2 is 0.863 bits per heavy atom. The summed E-state index contributed by atoms with van der Waals surface area (Å²) in [4.78, 5) is 0. The molecule has 0 radical (unpaired) electrons. The van der Waals surface area contributed by atoms with Crippen molar-refractivity contribution in [2.24, 2.45) is 0 Å². The minimum atomic E-state index is -1.37. The van der Waals surface area contributed by atoms with Gasteiger partial charge >= 0.3 is 0 Å². The Labute approximate surface area is 315 Å². The van der Waals surface area contributed by atoms with E-state index in [9.17, 15) is 11.0 Å². The number of fused-ring (bicyclic) bond motifs is 9. The summed E-state index contributed by atoms with van der Waals surface area (Å²) in [5, 5.41) is -0.562. The zero-order chi connectivity index (χ0) is 45.7. The van der Waals surface area contributed by atoms with E-state index < -0.39 is 89.7 Å². The lowest BCUT2D eigenvalue weighted by Gasteiger charge is -2.34. The molecule has 0 spiro atoms. The summed E-state index contributed by atoms with van der Waals surface area (Å²) in [5.41, 5.74) is 1.88. The fourth-order valence-electron chi connectivity index (χ4n) is 8.03. The second-order valence-corrected chi connectivity index (χ2v) is 12.6. The summed E-state index contributed by atoms with van der Waals surface area (Å²) in [6.45, 7) is 0. The SMILES string of the molecule is [2H]c1c([2H])c([2H])c2c(c1[2H])c1c([2H])c(-n3c4c([2H])c([2H])c([2H])c([2H])c4c4c([2H])c(C5(c6ccccc6)c6ccccc6-c6ccccc65)c([2H])c([2H])c43)c([2H])c([2H])c1n2-c1ccccc1. The van der Waals surface area contributed by atoms with E-state index in [1.165, 1.54) is 4.57 Å². The van der Waals surface area contributed by atoms with Crippen LogP contribution in [0.5, 0.6) is 0 Å². The summed E-state index contributed by atoms with van der Waals surface area (Å²) in [7, 11) is 0. The van der Waals surface area contributed by atoms with Crippen LogP contribution in [0.25, 0.3) is 66.1 Å². The van der Waals surface area contributed by atoms with Gasteiger partial charge in [-0.1, -0.05) is 139 Å². The Balaban J connectivity index is 1.38. The van der Waals surface area contributed by atoms with Gasteiger partial charge in [0.05, 0.1) is 46.7 Å². The first-order valence-electron chi connectivity index (χ1n) is 23.6. The zero-order valence-electron chi connectivity index (χ0n) is 40.8. The van der Waals surface area contributed by atoms with E-state index in [-0.39, 0.29) is 55.2 Å². The molecule has 0 fully saturated rings. The maximum Gasteiger partial charge on any atom is 0.0713 e. The van der Waals surface area contributed by atoms with E-state index in [0.29, 0.717) is 11.3 Å². The van der Waals surface area contributed by atoms with Gasteiger partial charge in [-0.2, -0.15) is 0 Å². The molecule has 0 atom stereocenters. The largest absolute Gasteiger partial charge is 0.309 e. The monoisotopic (exact) mass is 662 g/mol. The lowest BCUT2D eigenvalue weighted by Crippen LogP contribution is -2.28. The van der Waals surface area contributed by atoms with Crippen molar-refractivity contribution >= 4 is 43.6 Å². The van der Waals surface area contributed by atoms with Crippen molar-refractivity contribution in [2.45, 2.75) is 5.41 Å². The first-order chi connectivity index (χ1) is 31.2. The van der Waals surface area contributed by atoms with Crippen LogP contribution in [0.2, 0.25) is 0 Å². The Kier molecular flexibility index (Phi) is 3.74. The highest BCUT2D eigenvalue weighted by Gasteiger charge is 2.46. The molecule has 2 aromatic heterocycles. The molecule has 11 rings (SSSR count). The fourth-order valence-corrected chi connectivity index (χ4v) is 8.03. The van der Waals surface area contributed by atoms with Gasteiger partial charge in [-0.3, -0.25) is 0 Å². The summed E-state index contributed by atoms with van der Waals surface area (Å²) in [6.07, 6.45) is 0. The van der Waals surface area contributed by atoms with Crippen LogP contribution in [0, 0.1) is 0 Å². The van der Waals surface area contributed by atoms with E-state index >= 15 is 0 Å². The van der Waals surface area contributed by atoms with Gasteiger partial charge in [-0.15, -0.1) is 0 Å².